The molecular formula is C7H13NOS. The van der Waals surface area contributed by atoms with Crippen LogP contribution >= 0.6 is 11.8 Å². The number of nitrogens with zero attached hydrogens (tertiary/aromatic N) is 1. The van der Waals surface area contributed by atoms with Gasteiger partial charge in [0.15, 0.2) is 0 Å². The van der Waals surface area contributed by atoms with Gasteiger partial charge in [-0.2, -0.15) is 0 Å². The first-order valence-corrected chi connectivity index (χ1v) is 4.38. The molecule has 0 unspecified atom stereocenters. The van der Waals surface area contributed by atoms with Crippen molar-refractivity contribution in [3.05, 3.63) is 0 Å². The second-order valence-corrected chi connectivity index (χ2v) is 4.34. The zero-order valence-electron chi connectivity index (χ0n) is 6.59. The maximum absolute atomic E-state index is 9.51. The third kappa shape index (κ3) is 1.73. The van der Waals surface area contributed by atoms with Crippen molar-refractivity contribution in [3.8, 4) is 0 Å². The first-order chi connectivity index (χ1) is 4.50. The van der Waals surface area contributed by atoms with E-state index in [0.29, 0.717) is 0 Å². The van der Waals surface area contributed by atoms with Crippen LogP contribution in [-0.4, -0.2) is 27.5 Å². The summed E-state index contributed by atoms with van der Waals surface area (Å²) in [6, 6.07) is 0.0949. The molecule has 1 heterocycles. The van der Waals surface area contributed by atoms with Crippen LogP contribution in [-0.2, 0) is 0 Å². The average molecular weight is 159 g/mol. The van der Waals surface area contributed by atoms with Crippen molar-refractivity contribution in [1.29, 1.82) is 0 Å². The molecule has 0 radical (unpaired) electrons. The fourth-order valence-electron chi connectivity index (χ4n) is 0.855. The largest absolute Gasteiger partial charge is 0.388 e. The van der Waals surface area contributed by atoms with E-state index in [1.54, 1.807) is 25.6 Å². The van der Waals surface area contributed by atoms with Crippen LogP contribution in [0.2, 0.25) is 0 Å². The van der Waals surface area contributed by atoms with Gasteiger partial charge in [-0.3, -0.25) is 4.99 Å². The van der Waals surface area contributed by atoms with Crippen LogP contribution in [0.3, 0.4) is 0 Å². The molecule has 0 spiro atoms. The quantitative estimate of drug-likeness (QED) is 0.625. The van der Waals surface area contributed by atoms with Crippen molar-refractivity contribution in [3.63, 3.8) is 0 Å². The maximum Gasteiger partial charge on any atom is 0.0884 e. The van der Waals surface area contributed by atoms with E-state index >= 15 is 0 Å². The lowest BCUT2D eigenvalue weighted by Gasteiger charge is -2.21. The number of aliphatic hydroxyl groups is 1. The van der Waals surface area contributed by atoms with Crippen LogP contribution in [0.4, 0.5) is 0 Å². The highest BCUT2D eigenvalue weighted by molar-refractivity contribution is 8.14. The van der Waals surface area contributed by atoms with E-state index in [1.807, 2.05) is 6.92 Å². The van der Waals surface area contributed by atoms with E-state index in [9.17, 15) is 5.11 Å². The van der Waals surface area contributed by atoms with Crippen molar-refractivity contribution < 1.29 is 5.11 Å². The highest BCUT2D eigenvalue weighted by Crippen LogP contribution is 2.25. The van der Waals surface area contributed by atoms with Crippen LogP contribution in [0.25, 0.3) is 0 Å². The number of rotatable bonds is 1. The summed E-state index contributed by atoms with van der Waals surface area (Å²) < 4.78 is 0. The Labute approximate surface area is 65.7 Å². The van der Waals surface area contributed by atoms with E-state index in [2.05, 4.69) is 4.99 Å². The van der Waals surface area contributed by atoms with E-state index in [4.69, 9.17) is 0 Å². The van der Waals surface area contributed by atoms with Crippen LogP contribution in [0.5, 0.6) is 0 Å². The summed E-state index contributed by atoms with van der Waals surface area (Å²) in [6.07, 6.45) is 0. The summed E-state index contributed by atoms with van der Waals surface area (Å²) >= 11 is 1.72. The molecule has 0 bridgehead atoms. The zero-order chi connectivity index (χ0) is 7.78. The first-order valence-electron chi connectivity index (χ1n) is 3.40. The van der Waals surface area contributed by atoms with Crippen molar-refractivity contribution in [1.82, 2.24) is 0 Å². The third-order valence-corrected chi connectivity index (χ3v) is 2.61. The van der Waals surface area contributed by atoms with E-state index < -0.39 is 5.60 Å². The Hall–Kier alpha value is -0.0200. The van der Waals surface area contributed by atoms with E-state index in [1.165, 1.54) is 0 Å². The predicted octanol–water partition coefficient (Wildman–Crippen LogP) is 1.29. The van der Waals surface area contributed by atoms with E-state index in [-0.39, 0.29) is 6.04 Å². The molecule has 1 rings (SSSR count). The Kier molecular flexibility index (Phi) is 2.06. The lowest BCUT2D eigenvalue weighted by Crippen LogP contribution is -2.34. The molecule has 2 nitrogen and oxygen atoms in total. The molecule has 0 aliphatic carbocycles. The third-order valence-electron chi connectivity index (χ3n) is 1.60. The molecule has 0 aromatic carbocycles. The van der Waals surface area contributed by atoms with Gasteiger partial charge in [0.05, 0.1) is 16.7 Å². The molecule has 0 amide bonds. The fraction of sp³-hybridized carbons (Fsp3) is 0.857. The molecule has 1 aliphatic heterocycles. The van der Waals surface area contributed by atoms with Gasteiger partial charge in [-0.1, -0.05) is 0 Å². The summed E-state index contributed by atoms with van der Waals surface area (Å²) in [7, 11) is 0. The van der Waals surface area contributed by atoms with Crippen LogP contribution in [0, 0.1) is 0 Å². The van der Waals surface area contributed by atoms with Gasteiger partial charge < -0.3 is 5.11 Å². The molecule has 0 aromatic rings. The summed E-state index contributed by atoms with van der Waals surface area (Å²) in [5.41, 5.74) is -0.648. The minimum absolute atomic E-state index is 0.0949. The smallest absolute Gasteiger partial charge is 0.0884 e. The van der Waals surface area contributed by atoms with Crippen LogP contribution < -0.4 is 0 Å². The van der Waals surface area contributed by atoms with Gasteiger partial charge in [-0.15, -0.1) is 11.8 Å². The van der Waals surface area contributed by atoms with Gasteiger partial charge in [0.1, 0.15) is 0 Å². The summed E-state index contributed by atoms with van der Waals surface area (Å²) in [6.45, 7) is 5.59. The lowest BCUT2D eigenvalue weighted by atomic mass is 10.0. The monoisotopic (exact) mass is 159 g/mol. The molecule has 0 fully saturated rings. The molecule has 3 heteroatoms. The second-order valence-electron chi connectivity index (χ2n) is 3.13. The highest BCUT2D eigenvalue weighted by Gasteiger charge is 2.29. The fourth-order valence-corrected chi connectivity index (χ4v) is 1.94. The minimum Gasteiger partial charge on any atom is -0.388 e. The standard InChI is InChI=1S/C7H13NOS/c1-5-8-6(4-10-5)7(2,3)9/h6,9H,4H2,1-3H3/t6-/m1/s1. The van der Waals surface area contributed by atoms with Gasteiger partial charge in [-0.05, 0) is 20.8 Å². The highest BCUT2D eigenvalue weighted by atomic mass is 32.2. The number of thioether (sulfide) groups is 1. The molecular weight excluding hydrogens is 146 g/mol. The number of hydrogen-bond acceptors (Lipinski definition) is 3. The van der Waals surface area contributed by atoms with E-state index in [0.717, 1.165) is 10.8 Å². The summed E-state index contributed by atoms with van der Waals surface area (Å²) in [5.74, 6) is 0.926. The number of aliphatic imine (C=N–C) groups is 1. The molecule has 58 valence electrons. The molecule has 1 atom stereocenters. The van der Waals surface area contributed by atoms with Crippen molar-refractivity contribution in [2.75, 3.05) is 5.75 Å². The SMILES string of the molecule is CC1=N[C@@H](C(C)(C)O)CS1. The van der Waals surface area contributed by atoms with Crippen LogP contribution in [0.15, 0.2) is 4.99 Å². The molecule has 10 heavy (non-hydrogen) atoms. The van der Waals surface area contributed by atoms with Gasteiger partial charge in [0.25, 0.3) is 0 Å². The van der Waals surface area contributed by atoms with Crippen molar-refractivity contribution in [2.24, 2.45) is 4.99 Å². The normalized spacial score (nSPS) is 26.8. The Bertz CT molecular complexity index is 159. The van der Waals surface area contributed by atoms with Crippen LogP contribution in [0.1, 0.15) is 20.8 Å². The lowest BCUT2D eigenvalue weighted by molar-refractivity contribution is 0.0614. The van der Waals surface area contributed by atoms with Gasteiger partial charge in [0, 0.05) is 5.75 Å². The predicted molar refractivity (Wildman–Crippen MR) is 45.7 cm³/mol. The first kappa shape index (κ1) is 8.08. The Balaban J connectivity index is 2.61. The maximum atomic E-state index is 9.51. The number of hydrogen-bond donors (Lipinski definition) is 1. The molecule has 1 N–H and O–H groups in total. The van der Waals surface area contributed by atoms with Gasteiger partial charge in [-0.25, -0.2) is 0 Å². The zero-order valence-corrected chi connectivity index (χ0v) is 7.40. The second kappa shape index (κ2) is 2.55. The summed E-state index contributed by atoms with van der Waals surface area (Å²) in [4.78, 5) is 4.29. The summed E-state index contributed by atoms with van der Waals surface area (Å²) in [5, 5.41) is 10.6. The van der Waals surface area contributed by atoms with Gasteiger partial charge >= 0.3 is 0 Å². The van der Waals surface area contributed by atoms with Crippen molar-refractivity contribution in [2.45, 2.75) is 32.4 Å². The minimum atomic E-state index is -0.648. The Morgan fingerprint density at radius 3 is 2.50 bits per heavy atom. The molecule has 0 saturated carbocycles. The Morgan fingerprint density at radius 1 is 1.70 bits per heavy atom. The molecule has 0 saturated heterocycles. The topological polar surface area (TPSA) is 32.6 Å². The molecule has 0 aromatic heterocycles. The Morgan fingerprint density at radius 2 is 2.30 bits per heavy atom. The van der Waals surface area contributed by atoms with Crippen molar-refractivity contribution >= 4 is 16.8 Å². The molecule has 1 aliphatic rings. The van der Waals surface area contributed by atoms with Gasteiger partial charge in [0.2, 0.25) is 0 Å². The average Bonchev–Trinajstić information content (AvgIpc) is 2.11.